The maximum absolute atomic E-state index is 5.20. The molecule has 0 aromatic rings. The van der Waals surface area contributed by atoms with E-state index in [0.717, 1.165) is 6.54 Å². The van der Waals surface area contributed by atoms with Crippen LogP contribution in [0.2, 0.25) is 0 Å². The third-order valence-electron chi connectivity index (χ3n) is 0.517. The highest BCUT2D eigenvalue weighted by atomic mass is 127. The van der Waals surface area contributed by atoms with Crippen molar-refractivity contribution in [2.24, 2.45) is 5.73 Å². The lowest BCUT2D eigenvalue weighted by atomic mass is 10.8. The summed E-state index contributed by atoms with van der Waals surface area (Å²) in [5.74, 6) is 0. The second-order valence-electron chi connectivity index (χ2n) is 1.02. The average molecular weight is 230 g/mol. The molecule has 0 amide bonds. The molecule has 0 aliphatic rings. The van der Waals surface area contributed by atoms with Crippen LogP contribution in [0.5, 0.6) is 0 Å². The Labute approximate surface area is 62.5 Å². The molecule has 0 atom stereocenters. The Morgan fingerprint density at radius 3 is 2.43 bits per heavy atom. The van der Waals surface area contributed by atoms with Crippen molar-refractivity contribution in [2.75, 3.05) is 6.54 Å². The van der Waals surface area contributed by atoms with E-state index >= 15 is 0 Å². The number of hydrogen-bond acceptors (Lipinski definition) is 1. The molecule has 0 spiro atoms. The predicted octanol–water partition coefficient (Wildman–Crippen LogP) is 0.902. The van der Waals surface area contributed by atoms with Crippen molar-refractivity contribution in [3.63, 3.8) is 0 Å². The molecule has 0 saturated heterocycles. The summed E-state index contributed by atoms with van der Waals surface area (Å²) in [4.78, 5) is 0. The number of nitrogens with two attached hydrogens (primary N) is 1. The van der Waals surface area contributed by atoms with Crippen LogP contribution < -0.4 is 5.73 Å². The zero-order valence-electron chi connectivity index (χ0n) is 4.02. The van der Waals surface area contributed by atoms with E-state index < -0.39 is 0 Å². The van der Waals surface area contributed by atoms with Gasteiger partial charge in [0.25, 0.3) is 0 Å². The molecule has 0 radical (unpaired) electrons. The molecule has 0 aromatic carbocycles. The number of rotatable bonds is 1. The van der Waals surface area contributed by atoms with E-state index in [4.69, 9.17) is 5.73 Å². The minimum Gasteiger partial charge on any atom is -0.376 e. The molecule has 0 rings (SSSR count). The molecule has 0 aliphatic heterocycles. The fourth-order valence-corrected chi connectivity index (χ4v) is 0.285. The third kappa shape index (κ3) is 3.04. The molecular weight excluding hydrogens is 223 g/mol. The summed E-state index contributed by atoms with van der Waals surface area (Å²) >= 11 is 6.68. The smallest absolute Gasteiger partial charge is 0.175 e. The average Bonchev–Trinajstić information content (AvgIpc) is 1.65. The van der Waals surface area contributed by atoms with Gasteiger partial charge in [0.15, 0.2) is 5.11 Å². The van der Waals surface area contributed by atoms with E-state index in [0.29, 0.717) is 5.11 Å². The number of hydrogen-bond donors (Lipinski definition) is 1. The molecule has 2 nitrogen and oxygen atoms in total. The van der Waals surface area contributed by atoms with E-state index in [2.05, 4.69) is 35.1 Å². The van der Waals surface area contributed by atoms with Crippen LogP contribution >= 0.6 is 35.1 Å². The van der Waals surface area contributed by atoms with Crippen molar-refractivity contribution in [3.05, 3.63) is 0 Å². The van der Waals surface area contributed by atoms with Crippen LogP contribution in [0.15, 0.2) is 0 Å². The number of thiocarbonyl (C=S) groups is 1. The molecule has 0 fully saturated rings. The molecule has 2 N–H and O–H groups in total. The first-order valence-electron chi connectivity index (χ1n) is 1.91. The summed E-state index contributed by atoms with van der Waals surface area (Å²) in [5.41, 5.74) is 5.20. The van der Waals surface area contributed by atoms with Gasteiger partial charge >= 0.3 is 0 Å². The largest absolute Gasteiger partial charge is 0.376 e. The number of nitrogens with zero attached hydrogens (tertiary/aromatic N) is 1. The van der Waals surface area contributed by atoms with Crippen molar-refractivity contribution in [1.29, 1.82) is 0 Å². The topological polar surface area (TPSA) is 29.3 Å². The van der Waals surface area contributed by atoms with Gasteiger partial charge in [0.05, 0.1) is 22.9 Å². The van der Waals surface area contributed by atoms with Crippen LogP contribution in [-0.4, -0.2) is 14.8 Å². The Bertz CT molecular complexity index is 75.3. The van der Waals surface area contributed by atoms with E-state index in [1.165, 1.54) is 0 Å². The maximum Gasteiger partial charge on any atom is 0.175 e. The van der Waals surface area contributed by atoms with E-state index in [1.807, 2.05) is 6.92 Å². The maximum atomic E-state index is 5.20. The first-order chi connectivity index (χ1) is 3.18. The molecule has 0 aromatic heterocycles. The molecule has 0 unspecified atom stereocenters. The van der Waals surface area contributed by atoms with Gasteiger partial charge in [0, 0.05) is 6.54 Å². The fourth-order valence-electron chi connectivity index (χ4n) is 0.156. The SMILES string of the molecule is CCN(I)C(N)=S. The molecule has 4 heteroatoms. The van der Waals surface area contributed by atoms with Crippen LogP contribution in [0.3, 0.4) is 0 Å². The van der Waals surface area contributed by atoms with Gasteiger partial charge in [-0.1, -0.05) is 0 Å². The molecule has 0 bridgehead atoms. The molecule has 7 heavy (non-hydrogen) atoms. The Morgan fingerprint density at radius 2 is 2.43 bits per heavy atom. The molecular formula is C3H7IN2S. The minimum absolute atomic E-state index is 0.447. The van der Waals surface area contributed by atoms with Gasteiger partial charge in [-0.3, -0.25) is 3.11 Å². The van der Waals surface area contributed by atoms with Crippen molar-refractivity contribution in [3.8, 4) is 0 Å². The second-order valence-corrected chi connectivity index (χ2v) is 2.60. The summed E-state index contributed by atoms with van der Waals surface area (Å²) in [6.07, 6.45) is 0. The van der Waals surface area contributed by atoms with Crippen molar-refractivity contribution in [1.82, 2.24) is 3.11 Å². The van der Waals surface area contributed by atoms with Gasteiger partial charge in [0.1, 0.15) is 0 Å². The first-order valence-corrected chi connectivity index (χ1v) is 3.28. The van der Waals surface area contributed by atoms with Crippen LogP contribution in [0.25, 0.3) is 0 Å². The summed E-state index contributed by atoms with van der Waals surface area (Å²) in [6.45, 7) is 2.86. The van der Waals surface area contributed by atoms with Crippen LogP contribution in [0.1, 0.15) is 6.92 Å². The predicted molar refractivity (Wildman–Crippen MR) is 43.2 cm³/mol. The van der Waals surface area contributed by atoms with E-state index in [1.54, 1.807) is 3.11 Å². The summed E-state index contributed by atoms with van der Waals surface area (Å²) in [7, 11) is 0. The zero-order valence-corrected chi connectivity index (χ0v) is 6.99. The Hall–Kier alpha value is 0.420. The van der Waals surface area contributed by atoms with Gasteiger partial charge in [0.2, 0.25) is 0 Å². The Kier molecular flexibility index (Phi) is 3.63. The lowest BCUT2D eigenvalue weighted by Crippen LogP contribution is -2.25. The van der Waals surface area contributed by atoms with E-state index in [-0.39, 0.29) is 0 Å². The molecule has 0 heterocycles. The summed E-state index contributed by atoms with van der Waals surface area (Å²) < 4.78 is 1.77. The van der Waals surface area contributed by atoms with Crippen molar-refractivity contribution in [2.45, 2.75) is 6.92 Å². The van der Waals surface area contributed by atoms with Crippen molar-refractivity contribution >= 4 is 40.2 Å². The van der Waals surface area contributed by atoms with Gasteiger partial charge in [-0.2, -0.15) is 0 Å². The van der Waals surface area contributed by atoms with Gasteiger partial charge < -0.3 is 5.73 Å². The molecule has 0 aliphatic carbocycles. The minimum atomic E-state index is 0.447. The fraction of sp³-hybridized carbons (Fsp3) is 0.667. The normalized spacial score (nSPS) is 8.29. The lowest BCUT2D eigenvalue weighted by Gasteiger charge is -2.08. The Balaban J connectivity index is 3.34. The third-order valence-corrected chi connectivity index (χ3v) is 2.27. The molecule has 42 valence electrons. The van der Waals surface area contributed by atoms with Crippen LogP contribution in [0.4, 0.5) is 0 Å². The van der Waals surface area contributed by atoms with Crippen LogP contribution in [0, 0.1) is 0 Å². The van der Waals surface area contributed by atoms with Gasteiger partial charge in [-0.15, -0.1) is 0 Å². The highest BCUT2D eigenvalue weighted by Crippen LogP contribution is 1.94. The molecule has 0 saturated carbocycles. The standard InChI is InChI=1S/C3H7IN2S/c1-2-6(4)3(5)7/h2H2,1H3,(H2,5,7). The highest BCUT2D eigenvalue weighted by molar-refractivity contribution is 14.1. The van der Waals surface area contributed by atoms with Gasteiger partial charge in [-0.05, 0) is 19.1 Å². The van der Waals surface area contributed by atoms with E-state index in [9.17, 15) is 0 Å². The zero-order chi connectivity index (χ0) is 5.86. The van der Waals surface area contributed by atoms with Crippen LogP contribution in [-0.2, 0) is 0 Å². The number of halogens is 1. The van der Waals surface area contributed by atoms with Gasteiger partial charge in [-0.25, -0.2) is 0 Å². The quantitative estimate of drug-likeness (QED) is 0.412. The second kappa shape index (κ2) is 3.43. The first kappa shape index (κ1) is 7.42. The lowest BCUT2D eigenvalue weighted by molar-refractivity contribution is 0.769. The Morgan fingerprint density at radius 1 is 2.00 bits per heavy atom. The summed E-state index contributed by atoms with van der Waals surface area (Å²) in [6, 6.07) is 0. The van der Waals surface area contributed by atoms with Crippen molar-refractivity contribution < 1.29 is 0 Å². The monoisotopic (exact) mass is 230 g/mol. The highest BCUT2D eigenvalue weighted by Gasteiger charge is 1.92. The summed E-state index contributed by atoms with van der Waals surface area (Å²) in [5, 5.41) is 0.447.